The second-order valence-electron chi connectivity index (χ2n) is 6.94. The van der Waals surface area contributed by atoms with E-state index in [9.17, 15) is 14.4 Å². The summed E-state index contributed by atoms with van der Waals surface area (Å²) in [6, 6.07) is 10.5. The van der Waals surface area contributed by atoms with Crippen molar-refractivity contribution in [1.29, 1.82) is 0 Å². The molecule has 1 aromatic carbocycles. The van der Waals surface area contributed by atoms with Crippen LogP contribution in [0.2, 0.25) is 5.02 Å². The Morgan fingerprint density at radius 1 is 1.12 bits per heavy atom. The summed E-state index contributed by atoms with van der Waals surface area (Å²) in [5.74, 6) is -0.808. The smallest absolute Gasteiger partial charge is 0.271 e. The lowest BCUT2D eigenvalue weighted by molar-refractivity contribution is -0.123. The third-order valence-electron chi connectivity index (χ3n) is 4.57. The number of nitrogens with zero attached hydrogens (tertiary/aromatic N) is 2. The molecule has 2 heterocycles. The molecule has 1 saturated heterocycles. The number of hydrogen-bond acceptors (Lipinski definition) is 6. The van der Waals surface area contributed by atoms with Crippen LogP contribution in [0.15, 0.2) is 53.7 Å². The van der Waals surface area contributed by atoms with Crippen LogP contribution in [0.1, 0.15) is 41.6 Å². The molecule has 1 aromatic heterocycles. The Bertz CT molecular complexity index is 1030. The van der Waals surface area contributed by atoms with Crippen LogP contribution < -0.4 is 10.9 Å². The maximum Gasteiger partial charge on any atom is 0.271 e. The maximum atomic E-state index is 12.6. The van der Waals surface area contributed by atoms with E-state index in [1.807, 2.05) is 12.1 Å². The fourth-order valence-corrected chi connectivity index (χ4v) is 4.33. The molecule has 2 N–H and O–H groups in total. The zero-order valence-electron chi connectivity index (χ0n) is 17.0. The molecule has 1 aliphatic heterocycles. The third kappa shape index (κ3) is 6.88. The zero-order valence-corrected chi connectivity index (χ0v) is 19.4. The van der Waals surface area contributed by atoms with Crippen LogP contribution in [-0.2, 0) is 9.59 Å². The highest BCUT2D eigenvalue weighted by atomic mass is 35.5. The van der Waals surface area contributed by atoms with Crippen molar-refractivity contribution in [3.63, 3.8) is 0 Å². The van der Waals surface area contributed by atoms with Crippen LogP contribution >= 0.6 is 35.6 Å². The predicted octanol–water partition coefficient (Wildman–Crippen LogP) is 3.96. The fourth-order valence-electron chi connectivity index (χ4n) is 2.89. The number of unbranched alkanes of at least 4 members (excludes halogenated alkanes) is 2. The highest BCUT2D eigenvalue weighted by molar-refractivity contribution is 8.26. The molecule has 2 aromatic rings. The first kappa shape index (κ1) is 23.9. The molecule has 1 aliphatic rings. The first-order valence-corrected chi connectivity index (χ1v) is 11.5. The first-order chi connectivity index (χ1) is 15.4. The van der Waals surface area contributed by atoms with Gasteiger partial charge < -0.3 is 0 Å². The van der Waals surface area contributed by atoms with Crippen LogP contribution in [0.5, 0.6) is 0 Å². The van der Waals surface area contributed by atoms with Gasteiger partial charge in [0.1, 0.15) is 4.32 Å². The lowest BCUT2D eigenvalue weighted by Gasteiger charge is -2.14. The summed E-state index contributed by atoms with van der Waals surface area (Å²) in [5, 5.41) is 0.638. The molecular formula is C22H21ClN4O3S2. The van der Waals surface area contributed by atoms with Crippen molar-refractivity contribution in [2.45, 2.75) is 25.7 Å². The molecular weight excluding hydrogens is 468 g/mol. The first-order valence-electron chi connectivity index (χ1n) is 9.94. The Labute approximate surface area is 200 Å². The predicted molar refractivity (Wildman–Crippen MR) is 130 cm³/mol. The summed E-state index contributed by atoms with van der Waals surface area (Å²) >= 11 is 12.5. The van der Waals surface area contributed by atoms with Crippen molar-refractivity contribution < 1.29 is 14.4 Å². The number of rotatable bonds is 8. The fraction of sp³-hybridized carbons (Fsp3) is 0.227. The highest BCUT2D eigenvalue weighted by Gasteiger charge is 2.31. The number of nitrogens with one attached hydrogen (secondary N) is 2. The molecule has 7 nitrogen and oxygen atoms in total. The Kier molecular flexibility index (Phi) is 8.78. The number of carbonyl (C=O) groups excluding carboxylic acids is 3. The molecule has 3 amide bonds. The number of hydrazine groups is 1. The Hall–Kier alpha value is -2.75. The quantitative estimate of drug-likeness (QED) is 0.253. The summed E-state index contributed by atoms with van der Waals surface area (Å²) in [7, 11) is 0. The lowest BCUT2D eigenvalue weighted by atomic mass is 10.2. The van der Waals surface area contributed by atoms with Gasteiger partial charge >= 0.3 is 0 Å². The number of amides is 3. The van der Waals surface area contributed by atoms with Gasteiger partial charge in [0.25, 0.3) is 11.8 Å². The zero-order chi connectivity index (χ0) is 22.9. The third-order valence-corrected chi connectivity index (χ3v) is 6.20. The SMILES string of the molecule is O=C(CCCCCN1C(=O)C(=Cc2ccc(Cl)cc2)SC1=S)NNC(=O)c1cccnc1. The van der Waals surface area contributed by atoms with Crippen LogP contribution in [0.4, 0.5) is 0 Å². The van der Waals surface area contributed by atoms with Crippen LogP contribution in [0, 0.1) is 0 Å². The van der Waals surface area contributed by atoms with Gasteiger partial charge in [0.2, 0.25) is 5.91 Å². The normalized spacial score (nSPS) is 14.7. The number of hydrogen-bond donors (Lipinski definition) is 2. The number of pyridine rings is 1. The minimum Gasteiger partial charge on any atom is -0.293 e. The van der Waals surface area contributed by atoms with E-state index >= 15 is 0 Å². The standard InChI is InChI=1S/C22H21ClN4O3S2/c23-17-9-7-15(8-10-17)13-18-21(30)27(22(31)32-18)12-3-1-2-6-19(28)25-26-20(29)16-5-4-11-24-14-16/h4-5,7-11,13-14H,1-3,6,12H2,(H,25,28)(H,26,29). The number of carbonyl (C=O) groups is 3. The van der Waals surface area contributed by atoms with Gasteiger partial charge in [-0.25, -0.2) is 0 Å². The molecule has 0 bridgehead atoms. The van der Waals surface area contributed by atoms with Gasteiger partial charge in [-0.1, -0.05) is 54.1 Å². The molecule has 10 heteroatoms. The topological polar surface area (TPSA) is 91.4 Å². The molecule has 0 atom stereocenters. The molecule has 0 spiro atoms. The molecule has 0 saturated carbocycles. The molecule has 3 rings (SSSR count). The van der Waals surface area contributed by atoms with Crippen LogP contribution in [0.3, 0.4) is 0 Å². The Balaban J connectivity index is 1.36. The number of thiocarbonyl (C=S) groups is 1. The van der Waals surface area contributed by atoms with Crippen molar-refractivity contribution in [1.82, 2.24) is 20.7 Å². The van der Waals surface area contributed by atoms with E-state index in [-0.39, 0.29) is 18.2 Å². The van der Waals surface area contributed by atoms with E-state index in [0.29, 0.717) is 32.8 Å². The minimum absolute atomic E-state index is 0.106. The summed E-state index contributed by atoms with van der Waals surface area (Å²) in [6.07, 6.45) is 7.15. The van der Waals surface area contributed by atoms with E-state index < -0.39 is 5.91 Å². The summed E-state index contributed by atoms with van der Waals surface area (Å²) < 4.78 is 0.533. The molecule has 32 heavy (non-hydrogen) atoms. The van der Waals surface area contributed by atoms with E-state index in [4.69, 9.17) is 23.8 Å². The summed E-state index contributed by atoms with van der Waals surface area (Å²) in [4.78, 5) is 42.4. The van der Waals surface area contributed by atoms with E-state index in [2.05, 4.69) is 15.8 Å². The molecule has 0 aliphatic carbocycles. The number of aromatic nitrogens is 1. The lowest BCUT2D eigenvalue weighted by Crippen LogP contribution is -2.41. The largest absolute Gasteiger partial charge is 0.293 e. The number of halogens is 1. The maximum absolute atomic E-state index is 12.6. The van der Waals surface area contributed by atoms with Gasteiger partial charge in [-0.05, 0) is 48.7 Å². The summed E-state index contributed by atoms with van der Waals surface area (Å²) in [5.41, 5.74) is 6.00. The van der Waals surface area contributed by atoms with E-state index in [1.54, 1.807) is 41.4 Å². The van der Waals surface area contributed by atoms with Crippen LogP contribution in [0.25, 0.3) is 6.08 Å². The molecule has 0 unspecified atom stereocenters. The van der Waals surface area contributed by atoms with Gasteiger partial charge in [-0.15, -0.1) is 0 Å². The van der Waals surface area contributed by atoms with Crippen molar-refractivity contribution in [3.05, 3.63) is 69.8 Å². The van der Waals surface area contributed by atoms with Crippen LogP contribution in [-0.4, -0.2) is 38.5 Å². The van der Waals surface area contributed by atoms with Gasteiger partial charge in [0.15, 0.2) is 0 Å². The van der Waals surface area contributed by atoms with Gasteiger partial charge in [0, 0.05) is 30.4 Å². The Morgan fingerprint density at radius 2 is 1.91 bits per heavy atom. The van der Waals surface area contributed by atoms with E-state index in [1.165, 1.54) is 18.0 Å². The summed E-state index contributed by atoms with van der Waals surface area (Å²) in [6.45, 7) is 0.502. The Morgan fingerprint density at radius 3 is 2.62 bits per heavy atom. The molecule has 166 valence electrons. The van der Waals surface area contributed by atoms with Gasteiger partial charge in [-0.3, -0.25) is 35.1 Å². The van der Waals surface area contributed by atoms with Crippen molar-refractivity contribution >= 4 is 63.7 Å². The van der Waals surface area contributed by atoms with Crippen molar-refractivity contribution in [2.75, 3.05) is 6.54 Å². The van der Waals surface area contributed by atoms with Gasteiger partial charge in [-0.2, -0.15) is 0 Å². The molecule has 1 fully saturated rings. The second-order valence-corrected chi connectivity index (χ2v) is 9.05. The average molecular weight is 489 g/mol. The minimum atomic E-state index is -0.424. The van der Waals surface area contributed by atoms with Gasteiger partial charge in [0.05, 0.1) is 10.5 Å². The number of thioether (sulfide) groups is 1. The van der Waals surface area contributed by atoms with Crippen molar-refractivity contribution in [3.8, 4) is 0 Å². The van der Waals surface area contributed by atoms with Crippen molar-refractivity contribution in [2.24, 2.45) is 0 Å². The molecule has 0 radical (unpaired) electrons. The second kappa shape index (κ2) is 11.8. The number of benzene rings is 1. The monoisotopic (exact) mass is 488 g/mol. The average Bonchev–Trinajstić information content (AvgIpc) is 3.06. The highest BCUT2D eigenvalue weighted by Crippen LogP contribution is 2.32. The van der Waals surface area contributed by atoms with E-state index in [0.717, 1.165) is 18.4 Å².